The van der Waals surface area contributed by atoms with Gasteiger partial charge in [-0.3, -0.25) is 4.79 Å². The number of nitrogens with one attached hydrogen (secondary N) is 1. The first-order valence-corrected chi connectivity index (χ1v) is 13.0. The Balaban J connectivity index is 1.63. The van der Waals surface area contributed by atoms with Gasteiger partial charge in [0.2, 0.25) is 15.9 Å². The van der Waals surface area contributed by atoms with Crippen LogP contribution in [0.2, 0.25) is 0 Å². The highest BCUT2D eigenvalue weighted by Gasteiger charge is 2.38. The molecule has 1 aliphatic heterocycles. The average molecular weight is 493 g/mol. The van der Waals surface area contributed by atoms with Crippen LogP contribution in [-0.4, -0.2) is 68.5 Å². The topological polar surface area (TPSA) is 95.9 Å². The lowest BCUT2D eigenvalue weighted by atomic mass is 9.81. The fourth-order valence-corrected chi connectivity index (χ4v) is 5.79. The van der Waals surface area contributed by atoms with Gasteiger partial charge in [-0.05, 0) is 56.1 Å². The van der Waals surface area contributed by atoms with Gasteiger partial charge in [0.15, 0.2) is 0 Å². The van der Waals surface area contributed by atoms with Gasteiger partial charge < -0.3 is 14.7 Å². The van der Waals surface area contributed by atoms with Crippen LogP contribution in [0, 0.1) is 0 Å². The number of aliphatic hydroxyl groups excluding tert-OH is 1. The molecule has 1 aromatic carbocycles. The smallest absolute Gasteiger partial charge is 0.387 e. The first-order valence-electron chi connectivity index (χ1n) is 11.1. The van der Waals surface area contributed by atoms with E-state index in [9.17, 15) is 31.5 Å². The highest BCUT2D eigenvalue weighted by atomic mass is 32.2. The summed E-state index contributed by atoms with van der Waals surface area (Å²) in [5.74, 6) is -0.694. The van der Waals surface area contributed by atoms with Crippen LogP contribution in [0.5, 0.6) is 0 Å². The zero-order valence-electron chi connectivity index (χ0n) is 18.6. The van der Waals surface area contributed by atoms with E-state index in [2.05, 4.69) is 4.72 Å². The molecule has 186 valence electrons. The summed E-state index contributed by atoms with van der Waals surface area (Å²) in [5, 5.41) is 9.31. The zero-order valence-corrected chi connectivity index (χ0v) is 19.4. The predicted molar refractivity (Wildman–Crippen MR) is 116 cm³/mol. The maximum absolute atomic E-state index is 13.4. The van der Waals surface area contributed by atoms with E-state index < -0.39 is 46.4 Å². The fourth-order valence-electron chi connectivity index (χ4n) is 4.96. The van der Waals surface area contributed by atoms with E-state index in [1.165, 1.54) is 17.0 Å². The average Bonchev–Trinajstić information content (AvgIpc) is 2.76. The quantitative estimate of drug-likeness (QED) is 0.610. The van der Waals surface area contributed by atoms with Crippen molar-refractivity contribution in [2.24, 2.45) is 0 Å². The molecule has 2 atom stereocenters. The molecule has 1 amide bonds. The highest BCUT2D eigenvalue weighted by molar-refractivity contribution is 7.88. The van der Waals surface area contributed by atoms with E-state index in [0.717, 1.165) is 12.3 Å². The number of likely N-dealkylation sites (tertiary alicyclic amines) is 1. The van der Waals surface area contributed by atoms with Gasteiger partial charge in [0.1, 0.15) is 6.61 Å². The molecule has 0 unspecified atom stereocenters. The predicted octanol–water partition coefficient (Wildman–Crippen LogP) is 2.65. The number of sulfonamides is 1. The summed E-state index contributed by atoms with van der Waals surface area (Å²) in [6.45, 7) is -0.185. The molecule has 2 fully saturated rings. The molecule has 1 aromatic rings. The third-order valence-electron chi connectivity index (χ3n) is 6.48. The number of piperidine rings is 1. The van der Waals surface area contributed by atoms with Crippen molar-refractivity contribution < 1.29 is 36.2 Å². The van der Waals surface area contributed by atoms with E-state index in [1.54, 1.807) is 6.07 Å². The lowest BCUT2D eigenvalue weighted by molar-refractivity contribution is -0.142. The number of aliphatic hydroxyl groups is 1. The summed E-state index contributed by atoms with van der Waals surface area (Å²) in [5.41, 5.74) is -0.280. The van der Waals surface area contributed by atoms with Crippen molar-refractivity contribution in [1.82, 2.24) is 9.62 Å². The number of hydrogen-bond donors (Lipinski definition) is 2. The first kappa shape index (κ1) is 25.9. The monoisotopic (exact) mass is 492 g/mol. The van der Waals surface area contributed by atoms with Crippen molar-refractivity contribution in [3.63, 3.8) is 0 Å². The van der Waals surface area contributed by atoms with E-state index in [4.69, 9.17) is 4.74 Å². The van der Waals surface area contributed by atoms with Gasteiger partial charge in [-0.25, -0.2) is 13.1 Å². The Labute approximate surface area is 192 Å². The first-order chi connectivity index (χ1) is 15.5. The molecular weight excluding hydrogens is 461 g/mol. The number of rotatable bonds is 7. The summed E-state index contributed by atoms with van der Waals surface area (Å²) in [6.07, 6.45) is -0.155. The number of nitrogens with zero attached hydrogens (tertiary/aromatic N) is 1. The molecule has 0 aromatic heterocycles. The van der Waals surface area contributed by atoms with Crippen LogP contribution in [0.3, 0.4) is 0 Å². The molecule has 0 bridgehead atoms. The van der Waals surface area contributed by atoms with Crippen molar-refractivity contribution in [1.29, 1.82) is 0 Å². The molecule has 2 N–H and O–H groups in total. The van der Waals surface area contributed by atoms with Gasteiger partial charge in [-0.2, -0.15) is 13.2 Å². The molecule has 1 aliphatic carbocycles. The number of amides is 1. The number of carbonyl (C=O) groups is 1. The van der Waals surface area contributed by atoms with Crippen molar-refractivity contribution in [2.75, 3.05) is 26.0 Å². The lowest BCUT2D eigenvalue weighted by Gasteiger charge is -2.42. The normalized spacial score (nSPS) is 26.9. The summed E-state index contributed by atoms with van der Waals surface area (Å²) < 4.78 is 72.3. The van der Waals surface area contributed by atoms with Crippen molar-refractivity contribution in [2.45, 2.75) is 68.8 Å². The second-order valence-corrected chi connectivity index (χ2v) is 10.6. The Bertz CT molecular complexity index is 917. The van der Waals surface area contributed by atoms with Crippen molar-refractivity contribution >= 4 is 15.9 Å². The number of alkyl halides is 3. The number of carbonyl (C=O) groups excluding carboxylic acids is 1. The minimum absolute atomic E-state index is 0.0907. The third kappa shape index (κ3) is 6.91. The van der Waals surface area contributed by atoms with Gasteiger partial charge in [0.05, 0.1) is 30.6 Å². The minimum Gasteiger partial charge on any atom is -0.387 e. The van der Waals surface area contributed by atoms with Gasteiger partial charge in [-0.1, -0.05) is 18.2 Å². The molecule has 33 heavy (non-hydrogen) atoms. The van der Waals surface area contributed by atoms with Gasteiger partial charge in [-0.15, -0.1) is 0 Å². The Morgan fingerprint density at radius 3 is 2.45 bits per heavy atom. The number of ether oxygens (including phenoxy) is 1. The van der Waals surface area contributed by atoms with E-state index in [-0.39, 0.29) is 18.6 Å². The van der Waals surface area contributed by atoms with Gasteiger partial charge >= 0.3 is 6.18 Å². The maximum Gasteiger partial charge on any atom is 0.416 e. The molecule has 7 nitrogen and oxygen atoms in total. The van der Waals surface area contributed by atoms with E-state index >= 15 is 0 Å². The van der Waals surface area contributed by atoms with E-state index in [1.807, 2.05) is 0 Å². The summed E-state index contributed by atoms with van der Waals surface area (Å²) in [4.78, 5) is 13.7. The zero-order chi connectivity index (χ0) is 24.2. The molecule has 1 heterocycles. The Morgan fingerprint density at radius 2 is 1.85 bits per heavy atom. The molecule has 1 saturated heterocycles. The lowest BCUT2D eigenvalue weighted by Crippen LogP contribution is -2.59. The van der Waals surface area contributed by atoms with Crippen LogP contribution in [0.15, 0.2) is 24.3 Å². The molecule has 2 aliphatic rings. The van der Waals surface area contributed by atoms with Crippen molar-refractivity contribution in [3.8, 4) is 0 Å². The van der Waals surface area contributed by atoms with Crippen LogP contribution in [0.1, 0.15) is 55.6 Å². The second kappa shape index (κ2) is 10.7. The third-order valence-corrected chi connectivity index (χ3v) is 7.21. The van der Waals surface area contributed by atoms with Crippen LogP contribution in [0.4, 0.5) is 13.2 Å². The summed E-state index contributed by atoms with van der Waals surface area (Å²) >= 11 is 0. The minimum atomic E-state index is -4.39. The molecule has 0 spiro atoms. The Kier molecular flexibility index (Phi) is 8.41. The van der Waals surface area contributed by atoms with Crippen molar-refractivity contribution in [3.05, 3.63) is 35.4 Å². The van der Waals surface area contributed by atoms with Gasteiger partial charge in [0.25, 0.3) is 0 Å². The molecule has 0 radical (unpaired) electrons. The number of hydrogen-bond acceptors (Lipinski definition) is 5. The van der Waals surface area contributed by atoms with E-state index in [0.29, 0.717) is 50.6 Å². The van der Waals surface area contributed by atoms with Crippen LogP contribution < -0.4 is 4.72 Å². The van der Waals surface area contributed by atoms with Gasteiger partial charge in [0, 0.05) is 12.6 Å². The standard InChI is InChI=1S/C22H31F3N2O5S/c1-33(30,31)26-19-7-4-12-27(21(29)13-28)20(19)14-32-16-10-8-15(9-11-16)17-5-2-3-6-18(17)22(23,24)25/h2-3,5-6,15-16,19-20,26,28H,4,7-14H2,1H3/t15?,16?,19-,20-/m0/s1. The molecule has 11 heteroatoms. The molecule has 1 saturated carbocycles. The van der Waals surface area contributed by atoms with Crippen LogP contribution in [0.25, 0.3) is 0 Å². The second-order valence-electron chi connectivity index (χ2n) is 8.84. The number of halogens is 3. The Hall–Kier alpha value is -1.69. The van der Waals surface area contributed by atoms with Crippen LogP contribution in [-0.2, 0) is 25.7 Å². The maximum atomic E-state index is 13.4. The Morgan fingerprint density at radius 1 is 1.18 bits per heavy atom. The fraction of sp³-hybridized carbons (Fsp3) is 0.682. The largest absolute Gasteiger partial charge is 0.416 e. The summed E-state index contributed by atoms with van der Waals surface area (Å²) in [7, 11) is -3.51. The SMILES string of the molecule is CS(=O)(=O)N[C@H]1CCCN(C(=O)CO)[C@H]1COC1CCC(c2ccccc2C(F)(F)F)CC1. The molecular formula is C22H31F3N2O5S. The van der Waals surface area contributed by atoms with Crippen LogP contribution >= 0.6 is 0 Å². The highest BCUT2D eigenvalue weighted by Crippen LogP contribution is 2.41. The number of benzene rings is 1. The summed E-state index contributed by atoms with van der Waals surface area (Å²) in [6, 6.07) is 4.58. The molecule has 3 rings (SSSR count).